The maximum absolute atomic E-state index is 11.2. The van der Waals surface area contributed by atoms with Gasteiger partial charge in [-0.25, -0.2) is 4.79 Å². The Morgan fingerprint density at radius 1 is 1.53 bits per heavy atom. The van der Waals surface area contributed by atoms with Crippen LogP contribution < -0.4 is 0 Å². The number of hydrogen-bond donors (Lipinski definition) is 1. The molecule has 1 N–H and O–H groups in total. The summed E-state index contributed by atoms with van der Waals surface area (Å²) in [7, 11) is 1.30. The molecule has 0 radical (unpaired) electrons. The van der Waals surface area contributed by atoms with Gasteiger partial charge in [-0.3, -0.25) is 0 Å². The first-order valence-electron chi connectivity index (χ1n) is 5.87. The second-order valence-electron chi connectivity index (χ2n) is 5.10. The lowest BCUT2D eigenvalue weighted by molar-refractivity contribution is -0.108. The molecule has 1 heterocycles. The number of aliphatic hydroxyl groups is 1. The van der Waals surface area contributed by atoms with Gasteiger partial charge in [-0.05, 0) is 36.8 Å². The van der Waals surface area contributed by atoms with Gasteiger partial charge < -0.3 is 14.3 Å². The highest BCUT2D eigenvalue weighted by atomic mass is 16.5. The number of carbonyl (C=O) groups is 1. The Balaban J connectivity index is 2.09. The number of esters is 1. The minimum absolute atomic E-state index is 0.143. The Hall–Kier alpha value is -1.29. The van der Waals surface area contributed by atoms with Gasteiger partial charge in [0.25, 0.3) is 0 Å². The van der Waals surface area contributed by atoms with Crippen LogP contribution in [-0.4, -0.2) is 18.2 Å². The van der Waals surface area contributed by atoms with Crippen molar-refractivity contribution in [2.24, 2.45) is 11.8 Å². The standard InChI is InChI=1S/C13H18O4/c1-8(2)9-6-13(15,7-9)11-5-4-10(17-11)12(14)16-3/h4-5,8-9,15H,6-7H2,1-3H3. The van der Waals surface area contributed by atoms with Crippen LogP contribution in [0, 0.1) is 11.8 Å². The van der Waals surface area contributed by atoms with Crippen LogP contribution in [0.1, 0.15) is 43.0 Å². The molecular formula is C13H18O4. The summed E-state index contributed by atoms with van der Waals surface area (Å²) in [6, 6.07) is 3.20. The number of rotatable bonds is 3. The summed E-state index contributed by atoms with van der Waals surface area (Å²) in [6.07, 6.45) is 1.39. The SMILES string of the molecule is COC(=O)c1ccc(C2(O)CC(C(C)C)C2)o1. The number of carbonyl (C=O) groups excluding carboxylic acids is 1. The molecule has 0 spiro atoms. The number of hydrogen-bond acceptors (Lipinski definition) is 4. The van der Waals surface area contributed by atoms with E-state index in [4.69, 9.17) is 4.42 Å². The van der Waals surface area contributed by atoms with Gasteiger partial charge in [-0.1, -0.05) is 13.8 Å². The van der Waals surface area contributed by atoms with Crippen molar-refractivity contribution in [1.82, 2.24) is 0 Å². The Morgan fingerprint density at radius 3 is 2.71 bits per heavy atom. The Kier molecular flexibility index (Phi) is 3.00. The molecule has 1 aromatic heterocycles. The van der Waals surface area contributed by atoms with Crippen LogP contribution >= 0.6 is 0 Å². The van der Waals surface area contributed by atoms with Crippen LogP contribution in [0.3, 0.4) is 0 Å². The molecule has 0 aliphatic heterocycles. The Labute approximate surface area is 101 Å². The molecule has 4 heteroatoms. The topological polar surface area (TPSA) is 59.7 Å². The van der Waals surface area contributed by atoms with Gasteiger partial charge in [0.1, 0.15) is 11.4 Å². The average Bonchev–Trinajstić information content (AvgIpc) is 2.72. The lowest BCUT2D eigenvalue weighted by Crippen LogP contribution is -2.42. The Bertz CT molecular complexity index is 413. The first-order chi connectivity index (χ1) is 7.96. The minimum atomic E-state index is -0.902. The smallest absolute Gasteiger partial charge is 0.373 e. The van der Waals surface area contributed by atoms with E-state index >= 15 is 0 Å². The molecule has 1 aliphatic carbocycles. The van der Waals surface area contributed by atoms with Crippen molar-refractivity contribution in [2.75, 3.05) is 7.11 Å². The third-order valence-corrected chi connectivity index (χ3v) is 3.59. The highest BCUT2D eigenvalue weighted by Gasteiger charge is 2.47. The average molecular weight is 238 g/mol. The van der Waals surface area contributed by atoms with E-state index in [-0.39, 0.29) is 5.76 Å². The van der Waals surface area contributed by atoms with E-state index in [1.807, 2.05) is 0 Å². The molecule has 1 saturated carbocycles. The third kappa shape index (κ3) is 2.09. The maximum Gasteiger partial charge on any atom is 0.373 e. The monoisotopic (exact) mass is 238 g/mol. The van der Waals surface area contributed by atoms with Crippen molar-refractivity contribution in [3.05, 3.63) is 23.7 Å². The van der Waals surface area contributed by atoms with Gasteiger partial charge in [0.2, 0.25) is 5.76 Å². The first-order valence-corrected chi connectivity index (χ1v) is 5.87. The zero-order valence-corrected chi connectivity index (χ0v) is 10.4. The molecule has 0 bridgehead atoms. The molecule has 0 atom stereocenters. The number of ether oxygens (including phenoxy) is 1. The zero-order chi connectivity index (χ0) is 12.6. The lowest BCUT2D eigenvalue weighted by Gasteiger charge is -2.44. The predicted octanol–water partition coefficient (Wildman–Crippen LogP) is 2.32. The second-order valence-corrected chi connectivity index (χ2v) is 5.10. The van der Waals surface area contributed by atoms with Crippen LogP contribution in [0.15, 0.2) is 16.5 Å². The molecule has 17 heavy (non-hydrogen) atoms. The number of methoxy groups -OCH3 is 1. The summed E-state index contributed by atoms with van der Waals surface area (Å²) in [5, 5.41) is 10.3. The van der Waals surface area contributed by atoms with E-state index in [0.717, 1.165) is 0 Å². The first kappa shape index (κ1) is 12.2. The van der Waals surface area contributed by atoms with Gasteiger partial charge in [0, 0.05) is 0 Å². The van der Waals surface area contributed by atoms with E-state index in [1.165, 1.54) is 7.11 Å². The highest BCUT2D eigenvalue weighted by Crippen LogP contribution is 2.49. The molecule has 4 nitrogen and oxygen atoms in total. The number of furan rings is 1. The van der Waals surface area contributed by atoms with Crippen LogP contribution in [0.25, 0.3) is 0 Å². The van der Waals surface area contributed by atoms with Crippen molar-refractivity contribution in [3.63, 3.8) is 0 Å². The van der Waals surface area contributed by atoms with E-state index in [2.05, 4.69) is 18.6 Å². The molecule has 0 amide bonds. The van der Waals surface area contributed by atoms with Gasteiger partial charge in [-0.2, -0.15) is 0 Å². The van der Waals surface area contributed by atoms with E-state index in [0.29, 0.717) is 30.4 Å². The van der Waals surface area contributed by atoms with E-state index < -0.39 is 11.6 Å². The zero-order valence-electron chi connectivity index (χ0n) is 10.4. The fourth-order valence-electron chi connectivity index (χ4n) is 2.28. The predicted molar refractivity (Wildman–Crippen MR) is 61.5 cm³/mol. The summed E-state index contributed by atoms with van der Waals surface area (Å²) in [5.41, 5.74) is -0.902. The third-order valence-electron chi connectivity index (χ3n) is 3.59. The molecule has 2 rings (SSSR count). The van der Waals surface area contributed by atoms with Crippen LogP contribution in [0.4, 0.5) is 0 Å². The van der Waals surface area contributed by atoms with E-state index in [1.54, 1.807) is 12.1 Å². The van der Waals surface area contributed by atoms with Gasteiger partial charge in [-0.15, -0.1) is 0 Å². The summed E-state index contributed by atoms with van der Waals surface area (Å²) in [4.78, 5) is 11.2. The fourth-order valence-corrected chi connectivity index (χ4v) is 2.28. The van der Waals surface area contributed by atoms with Gasteiger partial charge >= 0.3 is 5.97 Å². The fraction of sp³-hybridized carbons (Fsp3) is 0.615. The summed E-state index contributed by atoms with van der Waals surface area (Å²) in [5.74, 6) is 1.18. The summed E-state index contributed by atoms with van der Waals surface area (Å²) >= 11 is 0. The van der Waals surface area contributed by atoms with Gasteiger partial charge in [0.05, 0.1) is 7.11 Å². The second kappa shape index (κ2) is 4.18. The quantitative estimate of drug-likeness (QED) is 0.821. The van der Waals surface area contributed by atoms with E-state index in [9.17, 15) is 9.90 Å². The van der Waals surface area contributed by atoms with Crippen LogP contribution in [-0.2, 0) is 10.3 Å². The molecule has 0 unspecified atom stereocenters. The normalized spacial score (nSPS) is 27.9. The summed E-state index contributed by atoms with van der Waals surface area (Å²) < 4.78 is 9.91. The largest absolute Gasteiger partial charge is 0.463 e. The summed E-state index contributed by atoms with van der Waals surface area (Å²) in [6.45, 7) is 4.29. The highest BCUT2D eigenvalue weighted by molar-refractivity contribution is 5.86. The Morgan fingerprint density at radius 2 is 2.18 bits per heavy atom. The van der Waals surface area contributed by atoms with Crippen molar-refractivity contribution in [3.8, 4) is 0 Å². The molecule has 1 aliphatic rings. The molecule has 1 fully saturated rings. The van der Waals surface area contributed by atoms with Crippen molar-refractivity contribution in [1.29, 1.82) is 0 Å². The van der Waals surface area contributed by atoms with Crippen molar-refractivity contribution < 1.29 is 19.1 Å². The molecule has 94 valence electrons. The lowest BCUT2D eigenvalue weighted by atomic mass is 9.65. The molecule has 0 aromatic carbocycles. The molecule has 1 aromatic rings. The van der Waals surface area contributed by atoms with Crippen molar-refractivity contribution in [2.45, 2.75) is 32.3 Å². The van der Waals surface area contributed by atoms with Crippen LogP contribution in [0.2, 0.25) is 0 Å². The maximum atomic E-state index is 11.2. The molecular weight excluding hydrogens is 220 g/mol. The van der Waals surface area contributed by atoms with Gasteiger partial charge in [0.15, 0.2) is 0 Å². The molecule has 0 saturated heterocycles. The van der Waals surface area contributed by atoms with Crippen LogP contribution in [0.5, 0.6) is 0 Å². The van der Waals surface area contributed by atoms with Crippen molar-refractivity contribution >= 4 is 5.97 Å². The minimum Gasteiger partial charge on any atom is -0.463 e.